The zero-order valence-electron chi connectivity index (χ0n) is 11.6. The van der Waals surface area contributed by atoms with Crippen LogP contribution in [0.25, 0.3) is 0 Å². The van der Waals surface area contributed by atoms with Gasteiger partial charge in [0.2, 0.25) is 0 Å². The second-order valence-corrected chi connectivity index (χ2v) is 5.24. The summed E-state index contributed by atoms with van der Waals surface area (Å²) in [5, 5.41) is 14.7. The van der Waals surface area contributed by atoms with Crippen LogP contribution in [0.5, 0.6) is 0 Å². The average Bonchev–Trinajstić information content (AvgIpc) is 2.95. The molecule has 0 fully saturated rings. The second kappa shape index (κ2) is 6.40. The Hall–Kier alpha value is -2.35. The highest BCUT2D eigenvalue weighted by molar-refractivity contribution is 7.07. The van der Waals surface area contributed by atoms with Gasteiger partial charge in [-0.25, -0.2) is 0 Å². The van der Waals surface area contributed by atoms with Gasteiger partial charge in [-0.1, -0.05) is 23.5 Å². The van der Waals surface area contributed by atoms with E-state index in [9.17, 15) is 14.9 Å². The van der Waals surface area contributed by atoms with E-state index in [0.29, 0.717) is 29.1 Å². The van der Waals surface area contributed by atoms with Crippen molar-refractivity contribution in [2.75, 3.05) is 7.05 Å². The van der Waals surface area contributed by atoms with Crippen LogP contribution in [0.4, 0.5) is 5.69 Å². The van der Waals surface area contributed by atoms with Crippen molar-refractivity contribution in [3.8, 4) is 0 Å². The van der Waals surface area contributed by atoms with Crippen LogP contribution in [-0.4, -0.2) is 32.4 Å². The molecule has 2 aromatic rings. The summed E-state index contributed by atoms with van der Waals surface area (Å²) in [7, 11) is 1.65. The number of hydrogen-bond donors (Lipinski definition) is 0. The van der Waals surface area contributed by atoms with Crippen LogP contribution in [-0.2, 0) is 13.0 Å². The molecular formula is C13H14N4O3S. The van der Waals surface area contributed by atoms with Crippen molar-refractivity contribution in [2.45, 2.75) is 19.9 Å². The number of non-ortho nitro benzene ring substituents is 1. The molecular weight excluding hydrogens is 292 g/mol. The van der Waals surface area contributed by atoms with Gasteiger partial charge in [0, 0.05) is 25.7 Å². The van der Waals surface area contributed by atoms with Gasteiger partial charge in [-0.3, -0.25) is 14.9 Å². The summed E-state index contributed by atoms with van der Waals surface area (Å²) in [5.41, 5.74) is 1.40. The van der Waals surface area contributed by atoms with Gasteiger partial charge < -0.3 is 4.90 Å². The Bertz CT molecular complexity index is 671. The summed E-state index contributed by atoms with van der Waals surface area (Å²) in [6, 6.07) is 6.25. The number of aromatic nitrogens is 2. The topological polar surface area (TPSA) is 89.2 Å². The summed E-state index contributed by atoms with van der Waals surface area (Å²) in [6.45, 7) is 2.20. The van der Waals surface area contributed by atoms with Gasteiger partial charge in [0.15, 0.2) is 0 Å². The Labute approximate surface area is 125 Å². The first-order valence-corrected chi connectivity index (χ1v) is 7.10. The van der Waals surface area contributed by atoms with Crippen molar-refractivity contribution in [3.05, 3.63) is 50.5 Å². The maximum absolute atomic E-state index is 12.3. The molecule has 0 unspecified atom stereocenters. The van der Waals surface area contributed by atoms with Crippen molar-refractivity contribution in [1.82, 2.24) is 14.5 Å². The molecule has 0 saturated carbocycles. The number of nitrogens with zero attached hydrogens (tertiary/aromatic N) is 4. The zero-order chi connectivity index (χ0) is 15.4. The summed E-state index contributed by atoms with van der Waals surface area (Å²) in [5.74, 6) is -0.173. The molecule has 0 atom stereocenters. The Morgan fingerprint density at radius 2 is 2.24 bits per heavy atom. The first-order chi connectivity index (χ1) is 10.0. The third-order valence-electron chi connectivity index (χ3n) is 2.97. The van der Waals surface area contributed by atoms with E-state index in [2.05, 4.69) is 9.59 Å². The van der Waals surface area contributed by atoms with E-state index in [0.717, 1.165) is 11.5 Å². The third kappa shape index (κ3) is 3.40. The van der Waals surface area contributed by atoms with Gasteiger partial charge in [-0.05, 0) is 23.5 Å². The van der Waals surface area contributed by atoms with Crippen molar-refractivity contribution in [3.63, 3.8) is 0 Å². The van der Waals surface area contributed by atoms with Crippen molar-refractivity contribution in [1.29, 1.82) is 0 Å². The normalized spacial score (nSPS) is 10.4. The molecule has 1 heterocycles. The van der Waals surface area contributed by atoms with E-state index in [-0.39, 0.29) is 11.6 Å². The van der Waals surface area contributed by atoms with Crippen LogP contribution < -0.4 is 0 Å². The third-order valence-corrected chi connectivity index (χ3v) is 3.73. The van der Waals surface area contributed by atoms with E-state index in [1.807, 2.05) is 6.92 Å². The zero-order valence-corrected chi connectivity index (χ0v) is 12.5. The second-order valence-electron chi connectivity index (χ2n) is 4.49. The number of carbonyl (C=O) groups is 1. The monoisotopic (exact) mass is 306 g/mol. The first-order valence-electron chi connectivity index (χ1n) is 6.33. The van der Waals surface area contributed by atoms with Crippen molar-refractivity contribution < 1.29 is 9.72 Å². The molecule has 0 aliphatic rings. The fraction of sp³-hybridized carbons (Fsp3) is 0.308. The molecule has 0 aliphatic heterocycles. The first kappa shape index (κ1) is 15.0. The number of hydrogen-bond acceptors (Lipinski definition) is 6. The number of amides is 1. The predicted molar refractivity (Wildman–Crippen MR) is 78.2 cm³/mol. The van der Waals surface area contributed by atoms with Crippen molar-refractivity contribution >= 4 is 23.1 Å². The quantitative estimate of drug-likeness (QED) is 0.624. The number of aryl methyl sites for hydroxylation is 1. The number of benzene rings is 1. The fourth-order valence-corrected chi connectivity index (χ4v) is 2.64. The van der Waals surface area contributed by atoms with Gasteiger partial charge >= 0.3 is 0 Å². The lowest BCUT2D eigenvalue weighted by molar-refractivity contribution is -0.384. The highest BCUT2D eigenvalue weighted by Crippen LogP contribution is 2.17. The summed E-state index contributed by atoms with van der Waals surface area (Å²) in [6.07, 6.45) is 0.641. The van der Waals surface area contributed by atoms with Crippen molar-refractivity contribution in [2.24, 2.45) is 0 Å². The van der Waals surface area contributed by atoms with Crippen LogP contribution in [0.15, 0.2) is 24.3 Å². The van der Waals surface area contributed by atoms with Gasteiger partial charge in [0.05, 0.1) is 10.6 Å². The highest BCUT2D eigenvalue weighted by Gasteiger charge is 2.19. The SMILES string of the molecule is CCc1nnsc1C(=O)N(C)Cc1cccc([N+](=O)[O-])c1. The maximum atomic E-state index is 12.3. The average molecular weight is 306 g/mol. The minimum Gasteiger partial charge on any atom is -0.337 e. The van der Waals surface area contributed by atoms with E-state index >= 15 is 0 Å². The van der Waals surface area contributed by atoms with Crippen LogP contribution in [0, 0.1) is 10.1 Å². The highest BCUT2D eigenvalue weighted by atomic mass is 32.1. The van der Waals surface area contributed by atoms with Crippen LogP contribution in [0.2, 0.25) is 0 Å². The fourth-order valence-electron chi connectivity index (χ4n) is 1.89. The Balaban J connectivity index is 2.14. The molecule has 110 valence electrons. The molecule has 0 N–H and O–H groups in total. The van der Waals surface area contributed by atoms with Crippen LogP contribution in [0.3, 0.4) is 0 Å². The van der Waals surface area contributed by atoms with Crippen LogP contribution >= 0.6 is 11.5 Å². The Morgan fingerprint density at radius 3 is 2.90 bits per heavy atom. The summed E-state index contributed by atoms with van der Waals surface area (Å²) >= 11 is 1.07. The maximum Gasteiger partial charge on any atom is 0.269 e. The minimum absolute atomic E-state index is 0.0158. The molecule has 0 radical (unpaired) electrons. The van der Waals surface area contributed by atoms with Gasteiger partial charge in [0.25, 0.3) is 11.6 Å². The number of nitro benzene ring substituents is 1. The Morgan fingerprint density at radius 1 is 1.48 bits per heavy atom. The van der Waals surface area contributed by atoms with Gasteiger partial charge in [0.1, 0.15) is 4.88 Å². The molecule has 1 aromatic heterocycles. The van der Waals surface area contributed by atoms with E-state index in [1.165, 1.54) is 17.0 Å². The molecule has 21 heavy (non-hydrogen) atoms. The van der Waals surface area contributed by atoms with Gasteiger partial charge in [-0.2, -0.15) is 0 Å². The van der Waals surface area contributed by atoms with Crippen LogP contribution in [0.1, 0.15) is 27.9 Å². The lowest BCUT2D eigenvalue weighted by Crippen LogP contribution is -2.26. The number of nitro groups is 1. The Kier molecular flexibility index (Phi) is 4.59. The van der Waals surface area contributed by atoms with E-state index < -0.39 is 4.92 Å². The summed E-state index contributed by atoms with van der Waals surface area (Å²) < 4.78 is 3.80. The molecule has 0 saturated heterocycles. The molecule has 2 rings (SSSR count). The standard InChI is InChI=1S/C13H14N4O3S/c1-3-11-12(21-15-14-11)13(18)16(2)8-9-5-4-6-10(7-9)17(19)20/h4-7H,3,8H2,1-2H3. The molecule has 7 nitrogen and oxygen atoms in total. The molecule has 8 heteroatoms. The van der Waals surface area contributed by atoms with E-state index in [1.54, 1.807) is 19.2 Å². The lowest BCUT2D eigenvalue weighted by Gasteiger charge is -2.16. The predicted octanol–water partition coefficient (Wildman–Crippen LogP) is 2.28. The number of rotatable bonds is 5. The minimum atomic E-state index is -0.451. The summed E-state index contributed by atoms with van der Waals surface area (Å²) in [4.78, 5) is 24.7. The largest absolute Gasteiger partial charge is 0.337 e. The molecule has 0 spiro atoms. The lowest BCUT2D eigenvalue weighted by atomic mass is 10.2. The molecule has 1 aromatic carbocycles. The smallest absolute Gasteiger partial charge is 0.269 e. The molecule has 0 aliphatic carbocycles. The molecule has 0 bridgehead atoms. The van der Waals surface area contributed by atoms with Gasteiger partial charge in [-0.15, -0.1) is 5.10 Å². The van der Waals surface area contributed by atoms with E-state index in [4.69, 9.17) is 0 Å². The number of carbonyl (C=O) groups excluding carboxylic acids is 1. The molecule has 1 amide bonds.